The van der Waals surface area contributed by atoms with E-state index in [9.17, 15) is 0 Å². The van der Waals surface area contributed by atoms with E-state index in [1.807, 2.05) is 12.1 Å². The Bertz CT molecular complexity index is 578. The molecular weight excluding hydrogens is 285 g/mol. The van der Waals surface area contributed by atoms with Crippen molar-refractivity contribution in [2.75, 3.05) is 7.11 Å². The Hall–Kier alpha value is -1.33. The summed E-state index contributed by atoms with van der Waals surface area (Å²) in [6, 6.07) is 6.83. The SMILES string of the molecule is COc1cncc(C(NN)c2ccc(Cl)cc2Cl)c1. The average Bonchev–Trinajstić information content (AvgIpc) is 2.42. The van der Waals surface area contributed by atoms with Crippen molar-refractivity contribution in [1.29, 1.82) is 0 Å². The van der Waals surface area contributed by atoms with Gasteiger partial charge < -0.3 is 4.74 Å². The number of halogens is 2. The van der Waals surface area contributed by atoms with E-state index in [1.165, 1.54) is 0 Å². The molecule has 0 amide bonds. The van der Waals surface area contributed by atoms with Crippen LogP contribution in [0.4, 0.5) is 0 Å². The van der Waals surface area contributed by atoms with Crippen LogP contribution in [-0.2, 0) is 0 Å². The summed E-state index contributed by atoms with van der Waals surface area (Å²) in [7, 11) is 1.58. The Kier molecular flexibility index (Phi) is 4.61. The first-order valence-electron chi connectivity index (χ1n) is 5.55. The molecule has 0 spiro atoms. The number of pyridine rings is 1. The predicted molar refractivity (Wildman–Crippen MR) is 76.4 cm³/mol. The molecule has 0 saturated heterocycles. The lowest BCUT2D eigenvalue weighted by atomic mass is 10.0. The van der Waals surface area contributed by atoms with Crippen molar-refractivity contribution in [1.82, 2.24) is 10.4 Å². The minimum Gasteiger partial charge on any atom is -0.495 e. The van der Waals surface area contributed by atoms with Crippen LogP contribution in [0.1, 0.15) is 17.2 Å². The first kappa shape index (κ1) is 14.1. The van der Waals surface area contributed by atoms with Gasteiger partial charge in [-0.25, -0.2) is 5.43 Å². The second-order valence-electron chi connectivity index (χ2n) is 3.92. The molecule has 2 aromatic rings. The van der Waals surface area contributed by atoms with Gasteiger partial charge in [-0.05, 0) is 29.3 Å². The number of hydrogen-bond donors (Lipinski definition) is 2. The third-order valence-electron chi connectivity index (χ3n) is 2.74. The number of methoxy groups -OCH3 is 1. The van der Waals surface area contributed by atoms with E-state index in [2.05, 4.69) is 10.4 Å². The summed E-state index contributed by atoms with van der Waals surface area (Å²) in [5.41, 5.74) is 4.40. The largest absolute Gasteiger partial charge is 0.495 e. The molecule has 0 aliphatic carbocycles. The van der Waals surface area contributed by atoms with Crippen molar-refractivity contribution in [3.05, 3.63) is 57.8 Å². The molecule has 4 nitrogen and oxygen atoms in total. The lowest BCUT2D eigenvalue weighted by molar-refractivity contribution is 0.411. The lowest BCUT2D eigenvalue weighted by Crippen LogP contribution is -2.29. The number of nitrogens with zero attached hydrogens (tertiary/aromatic N) is 1. The van der Waals surface area contributed by atoms with Crippen molar-refractivity contribution in [2.24, 2.45) is 5.84 Å². The number of nitrogens with one attached hydrogen (secondary N) is 1. The molecular formula is C13H13Cl2N3O. The van der Waals surface area contributed by atoms with Gasteiger partial charge in [0.15, 0.2) is 0 Å². The van der Waals surface area contributed by atoms with Crippen LogP contribution >= 0.6 is 23.2 Å². The Morgan fingerprint density at radius 3 is 2.68 bits per heavy atom. The van der Waals surface area contributed by atoms with Gasteiger partial charge in [-0.3, -0.25) is 10.8 Å². The zero-order valence-electron chi connectivity index (χ0n) is 10.2. The van der Waals surface area contributed by atoms with Crippen molar-refractivity contribution in [3.8, 4) is 5.75 Å². The molecule has 1 unspecified atom stereocenters. The maximum atomic E-state index is 6.19. The van der Waals surface area contributed by atoms with E-state index in [-0.39, 0.29) is 6.04 Å². The zero-order valence-corrected chi connectivity index (χ0v) is 11.7. The smallest absolute Gasteiger partial charge is 0.137 e. The summed E-state index contributed by atoms with van der Waals surface area (Å²) in [6.45, 7) is 0. The highest BCUT2D eigenvalue weighted by atomic mass is 35.5. The van der Waals surface area contributed by atoms with Gasteiger partial charge in [0.05, 0.1) is 19.3 Å². The molecule has 0 bridgehead atoms. The van der Waals surface area contributed by atoms with Crippen molar-refractivity contribution >= 4 is 23.2 Å². The number of aromatic nitrogens is 1. The first-order valence-corrected chi connectivity index (χ1v) is 6.31. The molecule has 1 heterocycles. The third kappa shape index (κ3) is 3.16. The molecule has 2 rings (SSSR count). The highest BCUT2D eigenvalue weighted by molar-refractivity contribution is 6.35. The highest BCUT2D eigenvalue weighted by Crippen LogP contribution is 2.30. The van der Waals surface area contributed by atoms with Gasteiger partial charge in [0.25, 0.3) is 0 Å². The van der Waals surface area contributed by atoms with Crippen LogP contribution in [0.5, 0.6) is 5.75 Å². The summed E-state index contributed by atoms with van der Waals surface area (Å²) in [4.78, 5) is 4.11. The molecule has 1 aromatic heterocycles. The van der Waals surface area contributed by atoms with E-state index < -0.39 is 0 Å². The summed E-state index contributed by atoms with van der Waals surface area (Å²) in [5.74, 6) is 6.28. The number of ether oxygens (including phenoxy) is 1. The molecule has 100 valence electrons. The van der Waals surface area contributed by atoms with Gasteiger partial charge in [0.1, 0.15) is 5.75 Å². The second-order valence-corrected chi connectivity index (χ2v) is 4.77. The standard InChI is InChI=1S/C13H13Cl2N3O/c1-19-10-4-8(6-17-7-10)13(18-16)11-3-2-9(14)5-12(11)15/h2-7,13,18H,16H2,1H3. The van der Waals surface area contributed by atoms with Crippen LogP contribution < -0.4 is 16.0 Å². The summed E-state index contributed by atoms with van der Waals surface area (Å²) in [5, 5.41) is 1.12. The van der Waals surface area contributed by atoms with Crippen LogP contribution in [0.25, 0.3) is 0 Å². The molecule has 0 saturated carbocycles. The molecule has 0 aliphatic heterocycles. The summed E-state index contributed by atoms with van der Waals surface area (Å²) < 4.78 is 5.15. The normalized spacial score (nSPS) is 12.2. The van der Waals surface area contributed by atoms with E-state index in [0.717, 1.165) is 11.1 Å². The second kappa shape index (κ2) is 6.21. The lowest BCUT2D eigenvalue weighted by Gasteiger charge is -2.18. The number of rotatable bonds is 4. The number of hydrogen-bond acceptors (Lipinski definition) is 4. The van der Waals surface area contributed by atoms with E-state index in [1.54, 1.807) is 31.6 Å². The van der Waals surface area contributed by atoms with Crippen LogP contribution in [0, 0.1) is 0 Å². The van der Waals surface area contributed by atoms with Gasteiger partial charge in [0, 0.05) is 16.2 Å². The summed E-state index contributed by atoms with van der Waals surface area (Å²) >= 11 is 12.1. The molecule has 1 aromatic carbocycles. The van der Waals surface area contributed by atoms with Gasteiger partial charge in [-0.2, -0.15) is 0 Å². The molecule has 1 atom stereocenters. The maximum absolute atomic E-state index is 6.19. The minimum absolute atomic E-state index is 0.285. The monoisotopic (exact) mass is 297 g/mol. The van der Waals surface area contributed by atoms with Crippen molar-refractivity contribution in [2.45, 2.75) is 6.04 Å². The van der Waals surface area contributed by atoms with E-state index >= 15 is 0 Å². The van der Waals surface area contributed by atoms with Gasteiger partial charge >= 0.3 is 0 Å². The van der Waals surface area contributed by atoms with Crippen LogP contribution in [-0.4, -0.2) is 12.1 Å². The van der Waals surface area contributed by atoms with Gasteiger partial charge in [-0.1, -0.05) is 29.3 Å². The zero-order chi connectivity index (χ0) is 13.8. The predicted octanol–water partition coefficient (Wildman–Crippen LogP) is 2.95. The number of hydrazine groups is 1. The Morgan fingerprint density at radius 1 is 1.26 bits per heavy atom. The molecule has 3 N–H and O–H groups in total. The third-order valence-corrected chi connectivity index (χ3v) is 3.31. The van der Waals surface area contributed by atoms with Crippen LogP contribution in [0.2, 0.25) is 10.0 Å². The molecule has 0 aliphatic rings. The van der Waals surface area contributed by atoms with E-state index in [4.69, 9.17) is 33.8 Å². The van der Waals surface area contributed by atoms with Gasteiger partial charge in [0.2, 0.25) is 0 Å². The summed E-state index contributed by atoms with van der Waals surface area (Å²) in [6.07, 6.45) is 3.33. The Labute approximate surface area is 121 Å². The van der Waals surface area contributed by atoms with Crippen LogP contribution in [0.15, 0.2) is 36.7 Å². The fraction of sp³-hybridized carbons (Fsp3) is 0.154. The fourth-order valence-electron chi connectivity index (χ4n) is 1.81. The van der Waals surface area contributed by atoms with Crippen molar-refractivity contribution in [3.63, 3.8) is 0 Å². The molecule has 6 heteroatoms. The van der Waals surface area contributed by atoms with Crippen molar-refractivity contribution < 1.29 is 4.74 Å². The molecule has 0 radical (unpaired) electrons. The maximum Gasteiger partial charge on any atom is 0.137 e. The minimum atomic E-state index is -0.285. The highest BCUT2D eigenvalue weighted by Gasteiger charge is 2.16. The Morgan fingerprint density at radius 2 is 2.05 bits per heavy atom. The van der Waals surface area contributed by atoms with Crippen LogP contribution in [0.3, 0.4) is 0 Å². The quantitative estimate of drug-likeness (QED) is 0.673. The average molecular weight is 298 g/mol. The fourth-order valence-corrected chi connectivity index (χ4v) is 2.32. The molecule has 19 heavy (non-hydrogen) atoms. The topological polar surface area (TPSA) is 60.2 Å². The molecule has 0 fully saturated rings. The van der Waals surface area contributed by atoms with Gasteiger partial charge in [-0.15, -0.1) is 0 Å². The van der Waals surface area contributed by atoms with E-state index in [0.29, 0.717) is 15.8 Å². The Balaban J connectivity index is 2.43. The number of nitrogens with two attached hydrogens (primary N) is 1. The first-order chi connectivity index (χ1) is 9.15. The number of benzene rings is 1.